The molecule has 8 rings (SSSR count). The molecule has 7 fully saturated rings. The van der Waals surface area contributed by atoms with Crippen molar-refractivity contribution in [2.24, 2.45) is 47.3 Å². The van der Waals surface area contributed by atoms with Crippen molar-refractivity contribution in [3.8, 4) is 0 Å². The van der Waals surface area contributed by atoms with Crippen LogP contribution in [0.1, 0.15) is 12.0 Å². The van der Waals surface area contributed by atoms with E-state index in [0.29, 0.717) is 11.7 Å². The van der Waals surface area contributed by atoms with Gasteiger partial charge in [0.05, 0.1) is 11.7 Å². The van der Waals surface area contributed by atoms with E-state index in [0.717, 1.165) is 47.3 Å². The molecule has 5 aliphatic carbocycles. The fourth-order valence-electron chi connectivity index (χ4n) is 8.40. The zero-order chi connectivity index (χ0) is 11.9. The van der Waals surface area contributed by atoms with Crippen molar-refractivity contribution in [1.29, 1.82) is 0 Å². The predicted octanol–water partition coefficient (Wildman–Crippen LogP) is 2.75. The van der Waals surface area contributed by atoms with Crippen molar-refractivity contribution in [3.05, 3.63) is 35.9 Å². The SMILES string of the molecule is c1ccc(CC23OC4C5C6C(C52)[C@@H]2C[C@H]6C4C23)cc1. The fourth-order valence-corrected chi connectivity index (χ4v) is 8.40. The molecule has 2 saturated heterocycles. The third kappa shape index (κ3) is 0.665. The van der Waals surface area contributed by atoms with E-state index in [1.54, 1.807) is 6.42 Å². The van der Waals surface area contributed by atoms with Gasteiger partial charge < -0.3 is 4.74 Å². The maximum atomic E-state index is 6.76. The topological polar surface area (TPSA) is 9.23 Å². The van der Waals surface area contributed by atoms with Gasteiger partial charge in [0.15, 0.2) is 0 Å². The summed E-state index contributed by atoms with van der Waals surface area (Å²) in [5, 5.41) is 0. The van der Waals surface area contributed by atoms with Crippen LogP contribution in [0.5, 0.6) is 0 Å². The summed E-state index contributed by atoms with van der Waals surface area (Å²) in [4.78, 5) is 0. The molecule has 0 radical (unpaired) electrons. The second-order valence-corrected chi connectivity index (χ2v) is 8.12. The van der Waals surface area contributed by atoms with E-state index < -0.39 is 0 Å². The molecule has 4 bridgehead atoms. The monoisotopic (exact) mass is 250 g/mol. The van der Waals surface area contributed by atoms with Gasteiger partial charge in [-0.2, -0.15) is 0 Å². The molecule has 2 heterocycles. The lowest BCUT2D eigenvalue weighted by molar-refractivity contribution is -0.0301. The minimum atomic E-state index is 0.290. The van der Waals surface area contributed by atoms with Gasteiger partial charge in [-0.15, -0.1) is 0 Å². The highest BCUT2D eigenvalue weighted by molar-refractivity contribution is 5.40. The number of rotatable bonds is 2. The van der Waals surface area contributed by atoms with Gasteiger partial charge >= 0.3 is 0 Å². The van der Waals surface area contributed by atoms with E-state index in [9.17, 15) is 0 Å². The van der Waals surface area contributed by atoms with Gasteiger partial charge in [0.2, 0.25) is 0 Å². The van der Waals surface area contributed by atoms with E-state index >= 15 is 0 Å². The molecule has 1 heteroatoms. The average Bonchev–Trinajstić information content (AvgIpc) is 3.03. The molecular weight excluding hydrogens is 232 g/mol. The molecule has 0 aromatic heterocycles. The molecule has 1 nitrogen and oxygen atoms in total. The second-order valence-electron chi connectivity index (χ2n) is 8.12. The Labute approximate surface area is 113 Å². The normalized spacial score (nSPS) is 67.5. The molecule has 0 spiro atoms. The van der Waals surface area contributed by atoms with Crippen LogP contribution in [0.25, 0.3) is 0 Å². The van der Waals surface area contributed by atoms with Crippen LogP contribution in [-0.2, 0) is 11.2 Å². The van der Waals surface area contributed by atoms with Gasteiger partial charge in [-0.3, -0.25) is 0 Å². The van der Waals surface area contributed by atoms with Crippen LogP contribution in [0.3, 0.4) is 0 Å². The smallest absolute Gasteiger partial charge is 0.0795 e. The molecule has 10 atom stereocenters. The number of ether oxygens (including phenoxy) is 1. The summed E-state index contributed by atoms with van der Waals surface area (Å²) >= 11 is 0. The van der Waals surface area contributed by atoms with Crippen molar-refractivity contribution < 1.29 is 4.74 Å². The third-order valence-electron chi connectivity index (χ3n) is 8.19. The zero-order valence-corrected chi connectivity index (χ0v) is 10.9. The second kappa shape index (κ2) is 2.41. The van der Waals surface area contributed by atoms with Gasteiger partial charge in [-0.25, -0.2) is 0 Å². The lowest BCUT2D eigenvalue weighted by Crippen LogP contribution is -2.49. The largest absolute Gasteiger partial charge is 0.370 e. The number of hydrogen-bond donors (Lipinski definition) is 0. The quantitative estimate of drug-likeness (QED) is 0.784. The van der Waals surface area contributed by atoms with Crippen molar-refractivity contribution in [2.75, 3.05) is 0 Å². The third-order valence-corrected chi connectivity index (χ3v) is 8.19. The first-order chi connectivity index (χ1) is 9.40. The van der Waals surface area contributed by atoms with E-state index in [2.05, 4.69) is 30.3 Å². The maximum Gasteiger partial charge on any atom is 0.0795 e. The molecule has 5 saturated carbocycles. The molecule has 2 aliphatic heterocycles. The average molecular weight is 250 g/mol. The van der Waals surface area contributed by atoms with Gasteiger partial charge in [0.25, 0.3) is 0 Å². The summed E-state index contributed by atoms with van der Waals surface area (Å²) in [6.45, 7) is 0. The van der Waals surface area contributed by atoms with Gasteiger partial charge in [-0.05, 0) is 59.3 Å². The summed E-state index contributed by atoms with van der Waals surface area (Å²) in [7, 11) is 0. The summed E-state index contributed by atoms with van der Waals surface area (Å²) < 4.78 is 6.76. The van der Waals surface area contributed by atoms with Crippen LogP contribution < -0.4 is 0 Å². The highest BCUT2D eigenvalue weighted by Gasteiger charge is 2.92. The van der Waals surface area contributed by atoms with Gasteiger partial charge in [0, 0.05) is 6.42 Å². The lowest BCUT2D eigenvalue weighted by Gasteiger charge is -2.46. The molecule has 1 aromatic carbocycles. The van der Waals surface area contributed by atoms with Crippen molar-refractivity contribution in [1.82, 2.24) is 0 Å². The Bertz CT molecular complexity index is 599. The first-order valence-corrected chi connectivity index (χ1v) is 8.12. The highest BCUT2D eigenvalue weighted by Crippen LogP contribution is 2.90. The Kier molecular flexibility index (Phi) is 1.17. The van der Waals surface area contributed by atoms with Gasteiger partial charge in [0.1, 0.15) is 0 Å². The molecule has 0 N–H and O–H groups in total. The number of hydrogen-bond acceptors (Lipinski definition) is 1. The summed E-state index contributed by atoms with van der Waals surface area (Å²) in [6, 6.07) is 11.1. The minimum absolute atomic E-state index is 0.290. The highest BCUT2D eigenvalue weighted by atomic mass is 16.5. The predicted molar refractivity (Wildman–Crippen MR) is 70.3 cm³/mol. The molecule has 0 amide bonds. The van der Waals surface area contributed by atoms with E-state index in [4.69, 9.17) is 4.74 Å². The number of benzene rings is 1. The first-order valence-electron chi connectivity index (χ1n) is 8.12. The fraction of sp³-hybridized carbons (Fsp3) is 0.667. The standard InChI is InChI=1S/C18H18O/c1-2-4-8(5-3-1)7-18-15-10-6-9-11-12(10)16(18)14(11)17(19-18)13(9)15/h1-5,9-17H,6-7H2/t9-,10+,11?,12?,13?,14?,15?,16?,17?,18?/m1/s1. The molecule has 19 heavy (non-hydrogen) atoms. The lowest BCUT2D eigenvalue weighted by atomic mass is 9.57. The molecule has 8 unspecified atom stereocenters. The Morgan fingerprint density at radius 3 is 2.74 bits per heavy atom. The molecule has 1 aromatic rings. The Morgan fingerprint density at radius 1 is 0.947 bits per heavy atom. The van der Waals surface area contributed by atoms with E-state index in [-0.39, 0.29) is 0 Å². The Hall–Kier alpha value is -0.820. The minimum Gasteiger partial charge on any atom is -0.370 e. The van der Waals surface area contributed by atoms with Crippen LogP contribution in [0.2, 0.25) is 0 Å². The van der Waals surface area contributed by atoms with Crippen LogP contribution >= 0.6 is 0 Å². The molecule has 7 aliphatic rings. The van der Waals surface area contributed by atoms with Gasteiger partial charge in [-0.1, -0.05) is 30.3 Å². The van der Waals surface area contributed by atoms with E-state index in [1.165, 1.54) is 12.0 Å². The first kappa shape index (κ1) is 9.18. The maximum absolute atomic E-state index is 6.76. The molecular formula is C18H18O. The Morgan fingerprint density at radius 2 is 1.84 bits per heavy atom. The van der Waals surface area contributed by atoms with Crippen molar-refractivity contribution in [3.63, 3.8) is 0 Å². The van der Waals surface area contributed by atoms with E-state index in [1.807, 2.05) is 0 Å². The summed E-state index contributed by atoms with van der Waals surface area (Å²) in [5.74, 6) is 8.25. The van der Waals surface area contributed by atoms with Crippen molar-refractivity contribution >= 4 is 0 Å². The zero-order valence-electron chi connectivity index (χ0n) is 10.9. The Balaban J connectivity index is 1.42. The van der Waals surface area contributed by atoms with Crippen LogP contribution in [0, 0.1) is 47.3 Å². The van der Waals surface area contributed by atoms with Crippen LogP contribution in [0.4, 0.5) is 0 Å². The summed E-state index contributed by atoms with van der Waals surface area (Å²) in [5.41, 5.74) is 1.80. The summed E-state index contributed by atoms with van der Waals surface area (Å²) in [6.07, 6.45) is 3.48. The van der Waals surface area contributed by atoms with Crippen molar-refractivity contribution in [2.45, 2.75) is 24.5 Å². The van der Waals surface area contributed by atoms with Crippen LogP contribution in [0.15, 0.2) is 30.3 Å². The molecule has 96 valence electrons. The van der Waals surface area contributed by atoms with Crippen LogP contribution in [-0.4, -0.2) is 11.7 Å².